The van der Waals surface area contributed by atoms with Crippen molar-refractivity contribution in [1.82, 2.24) is 0 Å². The zero-order valence-corrected chi connectivity index (χ0v) is 18.8. The molecule has 0 atom stereocenters. The minimum atomic E-state index is -0.481. The summed E-state index contributed by atoms with van der Waals surface area (Å²) < 4.78 is 9.25. The average Bonchev–Trinajstić information content (AvgIpc) is 2.76. The Hall–Kier alpha value is -2.46. The van der Waals surface area contributed by atoms with Crippen LogP contribution < -0.4 is 0 Å². The smallest absolute Gasteiger partial charge is 0.101 e. The van der Waals surface area contributed by atoms with Gasteiger partial charge in [0.2, 0.25) is 0 Å². The number of hydrogen-bond acceptors (Lipinski definition) is 3. The lowest BCUT2D eigenvalue weighted by Gasteiger charge is -2.32. The van der Waals surface area contributed by atoms with Gasteiger partial charge in [0.1, 0.15) is 6.10 Å². The molecule has 0 fully saturated rings. The molecule has 0 aliphatic rings. The van der Waals surface area contributed by atoms with Crippen molar-refractivity contribution in [2.24, 2.45) is 0 Å². The summed E-state index contributed by atoms with van der Waals surface area (Å²) in [6, 6.07) is 28.6. The first kappa shape index (κ1) is 23.8. The van der Waals surface area contributed by atoms with Gasteiger partial charge in [-0.25, -0.2) is 0 Å². The number of benzene rings is 3. The van der Waals surface area contributed by atoms with Gasteiger partial charge in [0.05, 0.1) is 13.2 Å². The van der Waals surface area contributed by atoms with E-state index in [2.05, 4.69) is 109 Å². The largest absolute Gasteiger partial charge is 0.388 e. The Morgan fingerprint density at radius 2 is 1.03 bits per heavy atom. The number of aryl methyl sites for hydroxylation is 2. The minimum Gasteiger partial charge on any atom is -0.388 e. The molecule has 0 saturated heterocycles. The molecule has 1 N–H and O–H groups in total. The maximum absolute atomic E-state index is 8.80. The third-order valence-electron chi connectivity index (χ3n) is 5.33. The van der Waals surface area contributed by atoms with Crippen molar-refractivity contribution in [1.29, 1.82) is 0 Å². The average molecular weight is 407 g/mol. The van der Waals surface area contributed by atoms with E-state index in [4.69, 9.17) is 5.11 Å². The topological polar surface area (TPSA) is 38.7 Å². The molecule has 3 aromatic rings. The van der Waals surface area contributed by atoms with Gasteiger partial charge in [0.15, 0.2) is 0 Å². The molecular formula is C27H34O3. The maximum Gasteiger partial charge on any atom is 0.101 e. The molecule has 0 bridgehead atoms. The highest BCUT2D eigenvalue weighted by atomic mass is 16.5. The standard InChI is InChI=1S/C22H22.C5H12O3/c1-17-9-13-20(14-10-17)22(3,19-7-5-4-6-8-19)21-15-11-18(2)12-16-21;1-7-3-5(6)4-8-2/h4-16H,1-3H3;5-6H,3-4H2,1-2H3. The van der Waals surface area contributed by atoms with Crippen LogP contribution >= 0.6 is 0 Å². The maximum atomic E-state index is 8.80. The van der Waals surface area contributed by atoms with Crippen molar-refractivity contribution in [2.45, 2.75) is 32.3 Å². The Labute approximate surface area is 181 Å². The highest BCUT2D eigenvalue weighted by Crippen LogP contribution is 2.38. The predicted molar refractivity (Wildman–Crippen MR) is 124 cm³/mol. The van der Waals surface area contributed by atoms with E-state index in [1.54, 1.807) is 14.2 Å². The predicted octanol–water partition coefficient (Wildman–Crippen LogP) is 5.30. The van der Waals surface area contributed by atoms with Crippen molar-refractivity contribution < 1.29 is 14.6 Å². The van der Waals surface area contributed by atoms with E-state index in [1.165, 1.54) is 27.8 Å². The summed E-state index contributed by atoms with van der Waals surface area (Å²) in [5, 5.41) is 8.80. The highest BCUT2D eigenvalue weighted by Gasteiger charge is 2.30. The fraction of sp³-hybridized carbons (Fsp3) is 0.333. The van der Waals surface area contributed by atoms with E-state index in [1.807, 2.05) is 0 Å². The number of ether oxygens (including phenoxy) is 2. The Balaban J connectivity index is 0.000000343. The summed E-state index contributed by atoms with van der Waals surface area (Å²) in [4.78, 5) is 0. The van der Waals surface area contributed by atoms with E-state index >= 15 is 0 Å². The van der Waals surface area contributed by atoms with Gasteiger partial charge in [-0.1, -0.05) is 90.0 Å². The Kier molecular flexibility index (Phi) is 9.25. The van der Waals surface area contributed by atoms with Gasteiger partial charge in [0.25, 0.3) is 0 Å². The van der Waals surface area contributed by atoms with Gasteiger partial charge in [-0.2, -0.15) is 0 Å². The van der Waals surface area contributed by atoms with Gasteiger partial charge < -0.3 is 14.6 Å². The molecule has 3 nitrogen and oxygen atoms in total. The van der Waals surface area contributed by atoms with E-state index in [0.29, 0.717) is 13.2 Å². The second-order valence-corrected chi connectivity index (χ2v) is 7.79. The molecule has 0 aliphatic carbocycles. The molecule has 0 aromatic heterocycles. The summed E-state index contributed by atoms with van der Waals surface area (Å²) in [6.07, 6.45) is -0.481. The molecule has 30 heavy (non-hydrogen) atoms. The van der Waals surface area contributed by atoms with Crippen molar-refractivity contribution in [3.05, 3.63) is 107 Å². The SMILES string of the molecule is COCC(O)COC.Cc1ccc(C(C)(c2ccccc2)c2ccc(C)cc2)cc1. The lowest BCUT2D eigenvalue weighted by molar-refractivity contribution is 0.00980. The second-order valence-electron chi connectivity index (χ2n) is 7.79. The molecule has 0 radical (unpaired) electrons. The van der Waals surface area contributed by atoms with E-state index < -0.39 is 6.10 Å². The molecule has 3 heteroatoms. The molecule has 0 heterocycles. The summed E-state index contributed by atoms with van der Waals surface area (Å²) in [5.41, 5.74) is 6.43. The molecular weight excluding hydrogens is 372 g/mol. The van der Waals surface area contributed by atoms with Crippen LogP contribution in [0, 0.1) is 13.8 Å². The lowest BCUT2D eigenvalue weighted by atomic mass is 9.71. The lowest BCUT2D eigenvalue weighted by Crippen LogP contribution is -2.25. The van der Waals surface area contributed by atoms with E-state index in [9.17, 15) is 0 Å². The van der Waals surface area contributed by atoms with Crippen LogP contribution in [0.2, 0.25) is 0 Å². The van der Waals surface area contributed by atoms with Crippen LogP contribution in [0.25, 0.3) is 0 Å². The quantitative estimate of drug-likeness (QED) is 0.541. The molecule has 0 spiro atoms. The molecule has 0 unspecified atom stereocenters. The Morgan fingerprint density at radius 3 is 1.40 bits per heavy atom. The molecule has 3 aromatic carbocycles. The highest BCUT2D eigenvalue weighted by molar-refractivity contribution is 5.50. The first-order valence-corrected chi connectivity index (χ1v) is 10.3. The monoisotopic (exact) mass is 406 g/mol. The number of aliphatic hydroxyl groups excluding tert-OH is 1. The molecule has 0 amide bonds. The van der Waals surface area contributed by atoms with Gasteiger partial charge in [-0.15, -0.1) is 0 Å². The fourth-order valence-corrected chi connectivity index (χ4v) is 3.48. The van der Waals surface area contributed by atoms with Crippen molar-refractivity contribution in [3.8, 4) is 0 Å². The Morgan fingerprint density at radius 1 is 0.667 bits per heavy atom. The third-order valence-corrected chi connectivity index (χ3v) is 5.33. The van der Waals surface area contributed by atoms with Gasteiger partial charge in [-0.05, 0) is 37.5 Å². The van der Waals surface area contributed by atoms with Crippen LogP contribution in [0.3, 0.4) is 0 Å². The normalized spacial score (nSPS) is 11.2. The van der Waals surface area contributed by atoms with Crippen LogP contribution in [-0.4, -0.2) is 38.6 Å². The summed E-state index contributed by atoms with van der Waals surface area (Å²) in [5.74, 6) is 0. The fourth-order valence-electron chi connectivity index (χ4n) is 3.48. The summed E-state index contributed by atoms with van der Waals surface area (Å²) >= 11 is 0. The van der Waals surface area contributed by atoms with Gasteiger partial charge >= 0.3 is 0 Å². The summed E-state index contributed by atoms with van der Waals surface area (Å²) in [6.45, 7) is 7.27. The van der Waals surface area contributed by atoms with Gasteiger partial charge in [-0.3, -0.25) is 0 Å². The van der Waals surface area contributed by atoms with Crippen LogP contribution in [0.5, 0.6) is 0 Å². The van der Waals surface area contributed by atoms with Crippen molar-refractivity contribution >= 4 is 0 Å². The van der Waals surface area contributed by atoms with E-state index in [0.717, 1.165) is 0 Å². The van der Waals surface area contributed by atoms with Crippen LogP contribution in [0.1, 0.15) is 34.7 Å². The Bertz CT molecular complexity index is 803. The number of methoxy groups -OCH3 is 2. The number of aliphatic hydroxyl groups is 1. The van der Waals surface area contributed by atoms with Crippen molar-refractivity contribution in [2.75, 3.05) is 27.4 Å². The molecule has 0 saturated carbocycles. The molecule has 3 rings (SSSR count). The van der Waals surface area contributed by atoms with Crippen molar-refractivity contribution in [3.63, 3.8) is 0 Å². The second kappa shape index (κ2) is 11.7. The van der Waals surface area contributed by atoms with Crippen LogP contribution in [-0.2, 0) is 14.9 Å². The number of hydrogen-bond donors (Lipinski definition) is 1. The van der Waals surface area contributed by atoms with Crippen LogP contribution in [0.4, 0.5) is 0 Å². The zero-order chi connectivity index (χ0) is 22.0. The molecule has 0 aliphatic heterocycles. The zero-order valence-electron chi connectivity index (χ0n) is 18.8. The summed E-state index contributed by atoms with van der Waals surface area (Å²) in [7, 11) is 3.08. The first-order valence-electron chi connectivity index (χ1n) is 10.3. The van der Waals surface area contributed by atoms with Gasteiger partial charge in [0, 0.05) is 19.6 Å². The van der Waals surface area contributed by atoms with Crippen LogP contribution in [0.15, 0.2) is 78.9 Å². The number of rotatable bonds is 7. The molecule has 160 valence electrons. The third kappa shape index (κ3) is 6.27. The minimum absolute atomic E-state index is 0.136. The first-order chi connectivity index (χ1) is 14.4. The van der Waals surface area contributed by atoms with E-state index in [-0.39, 0.29) is 5.41 Å².